The van der Waals surface area contributed by atoms with Gasteiger partial charge in [-0.15, -0.1) is 0 Å². The van der Waals surface area contributed by atoms with E-state index in [-0.39, 0.29) is 11.7 Å². The van der Waals surface area contributed by atoms with Crippen LogP contribution >= 0.6 is 0 Å². The van der Waals surface area contributed by atoms with Gasteiger partial charge in [-0.2, -0.15) is 5.10 Å². The zero-order chi connectivity index (χ0) is 13.2. The average Bonchev–Trinajstić information content (AvgIpc) is 3.02. The van der Waals surface area contributed by atoms with Gasteiger partial charge < -0.3 is 15.3 Å². The SMILES string of the molecule is CC(NCc1cn[nH]c1)c1ccc2[nH]c(=O)[nH]c2c1. The third-order valence-corrected chi connectivity index (χ3v) is 3.21. The van der Waals surface area contributed by atoms with Crippen LogP contribution in [0.15, 0.2) is 35.4 Å². The first-order valence-corrected chi connectivity index (χ1v) is 6.15. The molecule has 0 aliphatic rings. The Morgan fingerprint density at radius 3 is 2.95 bits per heavy atom. The van der Waals surface area contributed by atoms with Crippen LogP contribution in [0.4, 0.5) is 0 Å². The minimum absolute atomic E-state index is 0.175. The molecule has 2 heterocycles. The van der Waals surface area contributed by atoms with Crippen LogP contribution in [-0.2, 0) is 6.54 Å². The Morgan fingerprint density at radius 1 is 1.32 bits per heavy atom. The number of nitrogens with zero attached hydrogens (tertiary/aromatic N) is 1. The summed E-state index contributed by atoms with van der Waals surface area (Å²) in [5.41, 5.74) is 3.73. The van der Waals surface area contributed by atoms with E-state index in [1.165, 1.54) is 0 Å². The van der Waals surface area contributed by atoms with Gasteiger partial charge in [-0.25, -0.2) is 4.79 Å². The molecule has 0 saturated carbocycles. The number of hydrogen-bond acceptors (Lipinski definition) is 3. The first kappa shape index (κ1) is 11.7. The van der Waals surface area contributed by atoms with Gasteiger partial charge in [-0.3, -0.25) is 5.10 Å². The lowest BCUT2D eigenvalue weighted by molar-refractivity contribution is 0.575. The Bertz CT molecular complexity index is 725. The second kappa shape index (κ2) is 4.74. The first-order chi connectivity index (χ1) is 9.22. The van der Waals surface area contributed by atoms with Crippen LogP contribution in [0, 0.1) is 0 Å². The fourth-order valence-corrected chi connectivity index (χ4v) is 2.08. The molecule has 0 fully saturated rings. The average molecular weight is 257 g/mol. The topological polar surface area (TPSA) is 89.4 Å². The molecule has 0 saturated heterocycles. The third kappa shape index (κ3) is 2.43. The Hall–Kier alpha value is -2.34. The number of nitrogens with one attached hydrogen (secondary N) is 4. The highest BCUT2D eigenvalue weighted by atomic mass is 16.1. The highest BCUT2D eigenvalue weighted by Crippen LogP contribution is 2.17. The summed E-state index contributed by atoms with van der Waals surface area (Å²) < 4.78 is 0. The Kier molecular flexibility index (Phi) is 2.92. The lowest BCUT2D eigenvalue weighted by Gasteiger charge is -2.13. The van der Waals surface area contributed by atoms with E-state index < -0.39 is 0 Å². The quantitative estimate of drug-likeness (QED) is 0.570. The van der Waals surface area contributed by atoms with Crippen LogP contribution in [0.2, 0.25) is 0 Å². The molecule has 3 aromatic rings. The molecule has 1 atom stereocenters. The normalized spacial score (nSPS) is 12.9. The van der Waals surface area contributed by atoms with E-state index in [1.807, 2.05) is 24.4 Å². The maximum absolute atomic E-state index is 11.2. The molecule has 98 valence electrons. The van der Waals surface area contributed by atoms with Crippen molar-refractivity contribution in [3.8, 4) is 0 Å². The van der Waals surface area contributed by atoms with Crippen molar-refractivity contribution in [2.24, 2.45) is 0 Å². The number of rotatable bonds is 4. The summed E-state index contributed by atoms with van der Waals surface area (Å²) in [6, 6.07) is 6.11. The minimum Gasteiger partial charge on any atom is -0.306 e. The molecule has 0 amide bonds. The number of aromatic amines is 3. The van der Waals surface area contributed by atoms with E-state index in [0.717, 1.165) is 28.7 Å². The molecule has 6 heteroatoms. The molecule has 1 unspecified atom stereocenters. The predicted octanol–water partition coefficient (Wildman–Crippen LogP) is 1.43. The van der Waals surface area contributed by atoms with Crippen LogP contribution in [0.3, 0.4) is 0 Å². The number of benzene rings is 1. The van der Waals surface area contributed by atoms with Gasteiger partial charge in [0.2, 0.25) is 0 Å². The maximum Gasteiger partial charge on any atom is 0.323 e. The maximum atomic E-state index is 11.2. The van der Waals surface area contributed by atoms with Crippen molar-refractivity contribution >= 4 is 11.0 Å². The molecule has 1 aromatic carbocycles. The van der Waals surface area contributed by atoms with Gasteiger partial charge in [0.15, 0.2) is 0 Å². The van der Waals surface area contributed by atoms with Gasteiger partial charge in [-0.1, -0.05) is 6.07 Å². The van der Waals surface area contributed by atoms with Crippen LogP contribution in [0.5, 0.6) is 0 Å². The van der Waals surface area contributed by atoms with E-state index in [9.17, 15) is 4.79 Å². The monoisotopic (exact) mass is 257 g/mol. The second-order valence-corrected chi connectivity index (χ2v) is 4.59. The molecular weight excluding hydrogens is 242 g/mol. The summed E-state index contributed by atoms with van der Waals surface area (Å²) in [6.07, 6.45) is 3.67. The van der Waals surface area contributed by atoms with E-state index in [0.29, 0.717) is 0 Å². The molecule has 19 heavy (non-hydrogen) atoms. The van der Waals surface area contributed by atoms with Crippen LogP contribution in [-0.4, -0.2) is 20.2 Å². The zero-order valence-corrected chi connectivity index (χ0v) is 10.5. The highest BCUT2D eigenvalue weighted by molar-refractivity contribution is 5.75. The van der Waals surface area contributed by atoms with Crippen molar-refractivity contribution in [2.45, 2.75) is 19.5 Å². The molecule has 2 aromatic heterocycles. The summed E-state index contributed by atoms with van der Waals surface area (Å²) in [5.74, 6) is 0. The van der Waals surface area contributed by atoms with Crippen molar-refractivity contribution in [1.82, 2.24) is 25.5 Å². The lowest BCUT2D eigenvalue weighted by Crippen LogP contribution is -2.17. The van der Waals surface area contributed by atoms with Crippen LogP contribution in [0.25, 0.3) is 11.0 Å². The fourth-order valence-electron chi connectivity index (χ4n) is 2.08. The Labute approximate surface area is 109 Å². The number of aromatic nitrogens is 4. The Morgan fingerprint density at radius 2 is 2.16 bits per heavy atom. The van der Waals surface area contributed by atoms with Crippen molar-refractivity contribution in [2.75, 3.05) is 0 Å². The molecule has 0 aliphatic heterocycles. The van der Waals surface area contributed by atoms with Gasteiger partial charge in [-0.05, 0) is 24.6 Å². The summed E-state index contributed by atoms with van der Waals surface area (Å²) in [6.45, 7) is 2.84. The molecule has 4 N–H and O–H groups in total. The molecule has 0 bridgehead atoms. The largest absolute Gasteiger partial charge is 0.323 e. The van der Waals surface area contributed by atoms with Gasteiger partial charge in [0.25, 0.3) is 0 Å². The number of fused-ring (bicyclic) bond motifs is 1. The summed E-state index contributed by atoms with van der Waals surface area (Å²) in [7, 11) is 0. The first-order valence-electron chi connectivity index (χ1n) is 6.15. The minimum atomic E-state index is -0.175. The van der Waals surface area contributed by atoms with Gasteiger partial charge >= 0.3 is 5.69 Å². The molecule has 0 spiro atoms. The zero-order valence-electron chi connectivity index (χ0n) is 10.5. The van der Waals surface area contributed by atoms with Crippen LogP contribution < -0.4 is 11.0 Å². The number of imidazole rings is 1. The van der Waals surface area contributed by atoms with Crippen LogP contribution in [0.1, 0.15) is 24.1 Å². The standard InChI is InChI=1S/C13H15N5O/c1-8(14-5-9-6-15-16-7-9)10-2-3-11-12(4-10)18-13(19)17-11/h2-4,6-8,14H,5H2,1H3,(H,15,16)(H2,17,18,19). The third-order valence-electron chi connectivity index (χ3n) is 3.21. The summed E-state index contributed by atoms with van der Waals surface area (Å²) in [5, 5.41) is 10.1. The van der Waals surface area contributed by atoms with E-state index in [1.54, 1.807) is 6.20 Å². The molecule has 0 radical (unpaired) electrons. The van der Waals surface area contributed by atoms with E-state index in [4.69, 9.17) is 0 Å². The van der Waals surface area contributed by atoms with Crippen molar-refractivity contribution in [1.29, 1.82) is 0 Å². The highest BCUT2D eigenvalue weighted by Gasteiger charge is 2.07. The molecule has 0 aliphatic carbocycles. The number of H-pyrrole nitrogens is 3. The molecule has 6 nitrogen and oxygen atoms in total. The summed E-state index contributed by atoms with van der Waals surface area (Å²) in [4.78, 5) is 16.7. The fraction of sp³-hybridized carbons (Fsp3) is 0.231. The van der Waals surface area contributed by atoms with Gasteiger partial charge in [0, 0.05) is 24.3 Å². The number of hydrogen-bond donors (Lipinski definition) is 4. The van der Waals surface area contributed by atoms with E-state index >= 15 is 0 Å². The second-order valence-electron chi connectivity index (χ2n) is 4.59. The predicted molar refractivity (Wildman–Crippen MR) is 72.8 cm³/mol. The van der Waals surface area contributed by atoms with Crippen molar-refractivity contribution in [3.05, 3.63) is 52.2 Å². The smallest absolute Gasteiger partial charge is 0.306 e. The Balaban J connectivity index is 1.77. The molecular formula is C13H15N5O. The van der Waals surface area contributed by atoms with E-state index in [2.05, 4.69) is 32.4 Å². The molecule has 3 rings (SSSR count). The lowest BCUT2D eigenvalue weighted by atomic mass is 10.1. The van der Waals surface area contributed by atoms with Crippen molar-refractivity contribution < 1.29 is 0 Å². The van der Waals surface area contributed by atoms with Gasteiger partial charge in [0.1, 0.15) is 0 Å². The van der Waals surface area contributed by atoms with Crippen molar-refractivity contribution in [3.63, 3.8) is 0 Å². The van der Waals surface area contributed by atoms with Gasteiger partial charge in [0.05, 0.1) is 17.2 Å². The summed E-state index contributed by atoms with van der Waals surface area (Å²) >= 11 is 0.